The van der Waals surface area contributed by atoms with E-state index < -0.39 is 259 Å². The molecule has 1 aliphatic rings. The zero-order valence-corrected chi connectivity index (χ0v) is 22.9. The maximum atomic E-state index is 9.89. The highest BCUT2D eigenvalue weighted by molar-refractivity contribution is 6.22. The van der Waals surface area contributed by atoms with E-state index in [2.05, 4.69) is 0 Å². The zero-order valence-electron chi connectivity index (χ0n) is 50.9. The van der Waals surface area contributed by atoms with E-state index in [4.69, 9.17) is 30.5 Å². The molecule has 1 saturated carbocycles. The van der Waals surface area contributed by atoms with Crippen LogP contribution >= 0.6 is 0 Å². The zero-order chi connectivity index (χ0) is 54.1. The summed E-state index contributed by atoms with van der Waals surface area (Å²) in [5.41, 5.74) is -6.25. The molecular formula is C44H34O. The third kappa shape index (κ3) is 4.30. The van der Waals surface area contributed by atoms with Crippen LogP contribution in [0.4, 0.5) is 0 Å². The number of para-hydroxylation sites is 1. The molecule has 0 radical (unpaired) electrons. The van der Waals surface area contributed by atoms with Crippen molar-refractivity contribution in [2.45, 2.75) is 37.9 Å². The average Bonchev–Trinajstić information content (AvgIpc) is 3.77. The Kier molecular flexibility index (Phi) is 2.51. The maximum Gasteiger partial charge on any atom is 0.143 e. The summed E-state index contributed by atoms with van der Waals surface area (Å²) in [6, 6.07) is -21.6. The van der Waals surface area contributed by atoms with Crippen LogP contribution in [0, 0.1) is 0 Å². The van der Waals surface area contributed by atoms with Crippen LogP contribution in [-0.4, -0.2) is 0 Å². The van der Waals surface area contributed by atoms with E-state index in [1.54, 1.807) is 0 Å². The van der Waals surface area contributed by atoms with Crippen molar-refractivity contribution in [3.8, 4) is 33.4 Å². The van der Waals surface area contributed by atoms with E-state index in [1.807, 2.05) is 0 Å². The number of fused-ring (bicyclic) bond motifs is 5. The molecule has 8 aromatic rings. The number of benzene rings is 7. The summed E-state index contributed by atoms with van der Waals surface area (Å²) < 4.78 is 257. The monoisotopic (exact) mass is 606 g/mol. The Morgan fingerprint density at radius 2 is 1.09 bits per heavy atom. The van der Waals surface area contributed by atoms with Gasteiger partial charge >= 0.3 is 0 Å². The van der Waals surface area contributed by atoms with Crippen molar-refractivity contribution in [2.75, 3.05) is 0 Å². The Bertz CT molecular complexity index is 3720. The largest absolute Gasteiger partial charge is 0.455 e. The normalized spacial score (nSPS) is 32.3. The lowest BCUT2D eigenvalue weighted by Crippen LogP contribution is -2.06. The first-order valence-electron chi connectivity index (χ1n) is 28.1. The molecule has 0 bridgehead atoms. The molecule has 4 atom stereocenters. The Labute approximate surface area is 303 Å². The Balaban J connectivity index is 1.58. The minimum Gasteiger partial charge on any atom is -0.455 e. The van der Waals surface area contributed by atoms with Gasteiger partial charge in [-0.05, 0) is 85.7 Å². The molecular weight excluding hydrogens is 544 g/mol. The Morgan fingerprint density at radius 1 is 0.489 bits per heavy atom. The van der Waals surface area contributed by atoms with E-state index >= 15 is 0 Å². The van der Waals surface area contributed by atoms with Gasteiger partial charge in [-0.2, -0.15) is 0 Å². The molecule has 1 fully saturated rings. The molecule has 1 heterocycles. The summed E-state index contributed by atoms with van der Waals surface area (Å²) in [4.78, 5) is 0. The molecule has 1 aromatic heterocycles. The smallest absolute Gasteiger partial charge is 0.143 e. The fourth-order valence-corrected chi connectivity index (χ4v) is 5.68. The molecule has 216 valence electrons. The van der Waals surface area contributed by atoms with Gasteiger partial charge in [-0.1, -0.05) is 146 Å². The minimum atomic E-state index is -1.84. The fourth-order valence-electron chi connectivity index (χ4n) is 5.68. The van der Waals surface area contributed by atoms with Gasteiger partial charge in [0.15, 0.2) is 0 Å². The van der Waals surface area contributed by atoms with Crippen molar-refractivity contribution >= 4 is 43.5 Å². The van der Waals surface area contributed by atoms with Gasteiger partial charge in [0, 0.05) is 23.2 Å². The lowest BCUT2D eigenvalue weighted by Gasteiger charge is -2.26. The lowest BCUT2D eigenvalue weighted by atomic mass is 9.78. The molecule has 9 rings (SSSR count). The van der Waals surface area contributed by atoms with Gasteiger partial charge in [-0.15, -0.1) is 0 Å². The van der Waals surface area contributed by atoms with Crippen molar-refractivity contribution in [3.63, 3.8) is 0 Å². The third-order valence-electron chi connectivity index (χ3n) is 7.60. The van der Waals surface area contributed by atoms with Gasteiger partial charge in [-0.3, -0.25) is 0 Å². The Morgan fingerprint density at radius 3 is 1.82 bits per heavy atom. The van der Waals surface area contributed by atoms with Crippen LogP contribution in [0.5, 0.6) is 0 Å². The molecule has 45 heavy (non-hydrogen) atoms. The quantitative estimate of drug-likeness (QED) is 0.182. The summed E-state index contributed by atoms with van der Waals surface area (Å²) in [5.74, 6) is -1.81. The van der Waals surface area contributed by atoms with Gasteiger partial charge in [0.2, 0.25) is 0 Å². The molecule has 0 amide bonds. The van der Waals surface area contributed by atoms with Crippen LogP contribution in [0.15, 0.2) is 143 Å². The predicted molar refractivity (Wildman–Crippen MR) is 191 cm³/mol. The van der Waals surface area contributed by atoms with Gasteiger partial charge in [0.05, 0.1) is 31.5 Å². The van der Waals surface area contributed by atoms with Gasteiger partial charge in [0.25, 0.3) is 0 Å². The highest BCUT2D eigenvalue weighted by Crippen LogP contribution is 2.47. The fraction of sp³-hybridized carbons (Fsp3) is 0.136. The van der Waals surface area contributed by atoms with E-state index in [1.165, 1.54) is 0 Å². The second kappa shape index (κ2) is 10.8. The second-order valence-electron chi connectivity index (χ2n) is 10.0. The van der Waals surface area contributed by atoms with E-state index in [0.29, 0.717) is 0 Å². The van der Waals surface area contributed by atoms with Crippen LogP contribution in [0.2, 0.25) is 0 Å². The van der Waals surface area contributed by atoms with Crippen LogP contribution in [0.3, 0.4) is 0 Å². The van der Waals surface area contributed by atoms with Crippen LogP contribution < -0.4 is 0 Å². The van der Waals surface area contributed by atoms with Crippen molar-refractivity contribution < 1.29 is 42.8 Å². The highest BCUT2D eigenvalue weighted by atomic mass is 16.3. The SMILES string of the molecule is [2H]c1c([2H])c([2H])c(-c2c([2H])c([2H])c([2H])c3c2oc2c([2H])c([2H])c(-c4c5c([2H])c([2H])c([2H])c([2H])c5c(-c5c([2H])c([2H])c([2H])c([2H])c5C5C([2H])C([2H])C([2H])C([2H])C5[2H])c5c([2H])c([2H])c([2H])c([2H])c45)c([2H])c23)c([2H])c1[2H]. The minimum absolute atomic E-state index is 0.561. The highest BCUT2D eigenvalue weighted by Gasteiger charge is 2.23. The first-order valence-corrected chi connectivity index (χ1v) is 13.7. The molecule has 1 nitrogen and oxygen atoms in total. The van der Waals surface area contributed by atoms with Gasteiger partial charge in [-0.25, -0.2) is 0 Å². The maximum absolute atomic E-state index is 9.89. The second-order valence-corrected chi connectivity index (χ2v) is 10.0. The lowest BCUT2D eigenvalue weighted by molar-refractivity contribution is 0.444. The molecule has 4 unspecified atom stereocenters. The Hall–Kier alpha value is -5.14. The summed E-state index contributed by atoms with van der Waals surface area (Å²) in [5, 5.41) is -4.13. The number of furan rings is 1. The molecule has 0 spiro atoms. The molecule has 0 aliphatic heterocycles. The summed E-state index contributed by atoms with van der Waals surface area (Å²) in [6.45, 7) is 0. The topological polar surface area (TPSA) is 13.1 Å². The molecule has 7 aromatic carbocycles. The summed E-state index contributed by atoms with van der Waals surface area (Å²) in [6.07, 6.45) is -8.78. The van der Waals surface area contributed by atoms with Crippen LogP contribution in [-0.2, 0) is 0 Å². The molecule has 0 saturated heterocycles. The first kappa shape index (κ1) is 10.5. The number of rotatable bonds is 4. The van der Waals surface area contributed by atoms with E-state index in [-0.39, 0.29) is 0 Å². The van der Waals surface area contributed by atoms with Gasteiger partial charge in [0.1, 0.15) is 11.2 Å². The number of hydrogen-bond donors (Lipinski definition) is 0. The van der Waals surface area contributed by atoms with Crippen LogP contribution in [0.25, 0.3) is 76.9 Å². The van der Waals surface area contributed by atoms with E-state index in [9.17, 15) is 12.3 Å². The van der Waals surface area contributed by atoms with Gasteiger partial charge < -0.3 is 4.42 Å². The molecule has 1 aliphatic carbocycles. The first-order chi connectivity index (χ1) is 34.0. The standard InChI is InChI=1S/C44H34O/c1-3-14-29(15-4-1)32-18-7-8-19-34(32)43-37-22-11-9-20-35(37)42(36-21-10-12-23-38(36)43)31-26-27-41-40(28-31)39-25-13-24-33(44(39)45-41)30-16-5-2-6-17-30/h2,5-13,16-29H,1,3-4,14-15H2/i1D,2D,3D,4D,5D,6D,7D,8D,9D,10D,11D,12D,13D,14D,15D,16D,17D,18D,19D,20D,21D,22D,23D,24D,25D,26D,27D,28D. The van der Waals surface area contributed by atoms with Crippen molar-refractivity contribution in [3.05, 3.63) is 145 Å². The molecule has 1 heteroatoms. The van der Waals surface area contributed by atoms with Crippen molar-refractivity contribution in [1.29, 1.82) is 0 Å². The average molecular weight is 607 g/mol. The predicted octanol–water partition coefficient (Wildman–Crippen LogP) is 12.9. The van der Waals surface area contributed by atoms with E-state index in [0.717, 1.165) is 0 Å². The summed E-state index contributed by atoms with van der Waals surface area (Å²) in [7, 11) is 0. The number of hydrogen-bond acceptors (Lipinski definition) is 1. The van der Waals surface area contributed by atoms with Crippen molar-refractivity contribution in [2.24, 2.45) is 0 Å². The van der Waals surface area contributed by atoms with Crippen molar-refractivity contribution in [1.82, 2.24) is 0 Å². The molecule has 0 N–H and O–H groups in total. The third-order valence-corrected chi connectivity index (χ3v) is 7.60. The van der Waals surface area contributed by atoms with Crippen LogP contribution in [0.1, 0.15) is 81.8 Å². The summed E-state index contributed by atoms with van der Waals surface area (Å²) >= 11 is 0.